The molecule has 0 saturated carbocycles. The molecule has 0 bridgehead atoms. The lowest BCUT2D eigenvalue weighted by molar-refractivity contribution is -0.146. The van der Waals surface area contributed by atoms with E-state index in [1.54, 1.807) is 4.90 Å². The molecule has 7 nitrogen and oxygen atoms in total. The molecule has 1 aliphatic heterocycles. The van der Waals surface area contributed by atoms with Gasteiger partial charge in [-0.25, -0.2) is 9.59 Å². The highest BCUT2D eigenvalue weighted by atomic mass is 16.5. The molecule has 104 valence electrons. The molecule has 1 heterocycles. The summed E-state index contributed by atoms with van der Waals surface area (Å²) >= 11 is 0. The third-order valence-corrected chi connectivity index (χ3v) is 2.80. The van der Waals surface area contributed by atoms with Gasteiger partial charge in [0.2, 0.25) is 0 Å². The number of likely N-dealkylation sites (tertiary alicyclic amines) is 1. The van der Waals surface area contributed by atoms with E-state index in [2.05, 4.69) is 5.32 Å². The molecular formula is C11H20N2O5. The van der Waals surface area contributed by atoms with Crippen LogP contribution in [0, 0.1) is 0 Å². The summed E-state index contributed by atoms with van der Waals surface area (Å²) in [7, 11) is 0. The lowest BCUT2D eigenvalue weighted by atomic mass is 10.1. The van der Waals surface area contributed by atoms with Gasteiger partial charge in [-0.15, -0.1) is 0 Å². The minimum atomic E-state index is -1.57. The number of nitrogens with one attached hydrogen (secondary N) is 1. The smallest absolute Gasteiger partial charge is 0.334 e. The Balaban J connectivity index is 2.34. The zero-order chi connectivity index (χ0) is 13.5. The van der Waals surface area contributed by atoms with Gasteiger partial charge in [-0.05, 0) is 19.8 Å². The largest absolute Gasteiger partial charge is 0.479 e. The van der Waals surface area contributed by atoms with Gasteiger partial charge in [-0.2, -0.15) is 0 Å². The number of nitrogens with zero attached hydrogens (tertiary/aromatic N) is 1. The van der Waals surface area contributed by atoms with Gasteiger partial charge in [0.1, 0.15) is 0 Å². The van der Waals surface area contributed by atoms with Crippen molar-refractivity contribution in [3.8, 4) is 0 Å². The molecule has 1 rings (SSSR count). The first-order valence-corrected chi connectivity index (χ1v) is 6.09. The van der Waals surface area contributed by atoms with Crippen molar-refractivity contribution in [2.75, 3.05) is 26.2 Å². The first-order chi connectivity index (χ1) is 8.54. The highest BCUT2D eigenvalue weighted by Crippen LogP contribution is 2.13. The van der Waals surface area contributed by atoms with E-state index < -0.39 is 12.1 Å². The summed E-state index contributed by atoms with van der Waals surface area (Å²) in [6, 6.07) is -0.361. The lowest BCUT2D eigenvalue weighted by Crippen LogP contribution is -2.49. The molecule has 0 aliphatic carbocycles. The number of carboxylic acid groups (broad SMARTS) is 1. The van der Waals surface area contributed by atoms with Crippen LogP contribution < -0.4 is 5.32 Å². The first kappa shape index (κ1) is 14.7. The number of aliphatic hydroxyl groups is 1. The molecule has 1 saturated heterocycles. The minimum absolute atomic E-state index is 0.0406. The van der Waals surface area contributed by atoms with Crippen molar-refractivity contribution in [1.29, 1.82) is 0 Å². The Morgan fingerprint density at radius 1 is 1.56 bits per heavy atom. The number of carbonyl (C=O) groups excluding carboxylic acids is 1. The molecule has 0 radical (unpaired) electrons. The number of aliphatic hydroxyl groups excluding tert-OH is 1. The molecule has 1 fully saturated rings. The van der Waals surface area contributed by atoms with Gasteiger partial charge in [0.05, 0.1) is 12.6 Å². The molecule has 2 unspecified atom stereocenters. The van der Waals surface area contributed by atoms with Gasteiger partial charge in [0, 0.05) is 19.7 Å². The number of aliphatic carboxylic acids is 1. The predicted octanol–water partition coefficient (Wildman–Crippen LogP) is -0.358. The molecule has 2 atom stereocenters. The van der Waals surface area contributed by atoms with Crippen molar-refractivity contribution in [2.45, 2.75) is 32.0 Å². The fourth-order valence-corrected chi connectivity index (χ4v) is 1.88. The van der Waals surface area contributed by atoms with E-state index >= 15 is 0 Å². The Hall–Kier alpha value is -1.34. The fourth-order valence-electron chi connectivity index (χ4n) is 1.88. The maximum Gasteiger partial charge on any atom is 0.334 e. The molecule has 0 spiro atoms. The first-order valence-electron chi connectivity index (χ1n) is 6.09. The van der Waals surface area contributed by atoms with Crippen LogP contribution in [0.5, 0.6) is 0 Å². The molecule has 0 aromatic carbocycles. The maximum absolute atomic E-state index is 11.7. The van der Waals surface area contributed by atoms with Crippen molar-refractivity contribution >= 4 is 12.0 Å². The predicted molar refractivity (Wildman–Crippen MR) is 63.3 cm³/mol. The molecule has 18 heavy (non-hydrogen) atoms. The fraction of sp³-hybridized carbons (Fsp3) is 0.818. The van der Waals surface area contributed by atoms with Crippen LogP contribution in [-0.2, 0) is 9.53 Å². The maximum atomic E-state index is 11.7. The van der Waals surface area contributed by atoms with E-state index in [0.29, 0.717) is 19.7 Å². The van der Waals surface area contributed by atoms with Crippen LogP contribution in [-0.4, -0.2) is 65.6 Å². The minimum Gasteiger partial charge on any atom is -0.479 e. The average molecular weight is 260 g/mol. The Morgan fingerprint density at radius 2 is 2.28 bits per heavy atom. The molecular weight excluding hydrogens is 240 g/mol. The topological polar surface area (TPSA) is 99.1 Å². The number of piperidine rings is 1. The zero-order valence-corrected chi connectivity index (χ0v) is 10.5. The van der Waals surface area contributed by atoms with Gasteiger partial charge in [0.25, 0.3) is 0 Å². The quantitative estimate of drug-likeness (QED) is 0.627. The Bertz CT molecular complexity index is 295. The second kappa shape index (κ2) is 7.17. The number of ether oxygens (including phenoxy) is 1. The van der Waals surface area contributed by atoms with Crippen LogP contribution in [0.15, 0.2) is 0 Å². The van der Waals surface area contributed by atoms with Crippen LogP contribution in [0.3, 0.4) is 0 Å². The van der Waals surface area contributed by atoms with Crippen LogP contribution in [0.1, 0.15) is 19.8 Å². The van der Waals surface area contributed by atoms with Crippen LogP contribution >= 0.6 is 0 Å². The number of carbonyl (C=O) groups is 2. The van der Waals surface area contributed by atoms with Gasteiger partial charge < -0.3 is 25.2 Å². The highest BCUT2D eigenvalue weighted by molar-refractivity contribution is 5.76. The van der Waals surface area contributed by atoms with Crippen molar-refractivity contribution < 1.29 is 24.5 Å². The standard InChI is InChI=1S/C11H20N2O5/c1-2-18-8-4-3-5-13(7-8)11(17)12-6-9(14)10(15)16/h8-9,14H,2-7H2,1H3,(H,12,17)(H,15,16). The molecule has 7 heteroatoms. The van der Waals surface area contributed by atoms with Gasteiger partial charge in [-0.1, -0.05) is 0 Å². The lowest BCUT2D eigenvalue weighted by Gasteiger charge is -2.32. The number of urea groups is 1. The van der Waals surface area contributed by atoms with E-state index in [1.807, 2.05) is 6.92 Å². The van der Waals surface area contributed by atoms with Gasteiger partial charge in [-0.3, -0.25) is 0 Å². The molecule has 3 N–H and O–H groups in total. The number of amides is 2. The number of rotatable bonds is 5. The zero-order valence-electron chi connectivity index (χ0n) is 10.5. The van der Waals surface area contributed by atoms with Gasteiger partial charge in [0.15, 0.2) is 6.10 Å². The summed E-state index contributed by atoms with van der Waals surface area (Å²) in [5.41, 5.74) is 0. The van der Waals surface area contributed by atoms with E-state index in [4.69, 9.17) is 14.9 Å². The van der Waals surface area contributed by atoms with Crippen molar-refractivity contribution in [3.63, 3.8) is 0 Å². The monoisotopic (exact) mass is 260 g/mol. The van der Waals surface area contributed by atoms with E-state index in [-0.39, 0.29) is 18.7 Å². The molecule has 0 aromatic rings. The summed E-state index contributed by atoms with van der Waals surface area (Å²) in [4.78, 5) is 23.7. The van der Waals surface area contributed by atoms with Gasteiger partial charge >= 0.3 is 12.0 Å². The summed E-state index contributed by atoms with van der Waals surface area (Å²) in [6.07, 6.45) is 0.259. The van der Waals surface area contributed by atoms with E-state index in [9.17, 15) is 9.59 Å². The second-order valence-electron chi connectivity index (χ2n) is 4.21. The van der Waals surface area contributed by atoms with Crippen molar-refractivity contribution in [2.24, 2.45) is 0 Å². The van der Waals surface area contributed by atoms with Crippen LogP contribution in [0.2, 0.25) is 0 Å². The van der Waals surface area contributed by atoms with E-state index in [0.717, 1.165) is 12.8 Å². The summed E-state index contributed by atoms with van der Waals surface area (Å²) in [6.45, 7) is 3.35. The second-order valence-corrected chi connectivity index (χ2v) is 4.21. The molecule has 0 aromatic heterocycles. The Labute approximate surface area is 106 Å². The average Bonchev–Trinajstić information content (AvgIpc) is 2.36. The van der Waals surface area contributed by atoms with Crippen LogP contribution in [0.25, 0.3) is 0 Å². The highest BCUT2D eigenvalue weighted by Gasteiger charge is 2.24. The van der Waals surface area contributed by atoms with E-state index in [1.165, 1.54) is 0 Å². The van der Waals surface area contributed by atoms with Crippen molar-refractivity contribution in [1.82, 2.24) is 10.2 Å². The number of carboxylic acids is 1. The summed E-state index contributed by atoms with van der Waals surface area (Å²) < 4.78 is 5.46. The molecule has 2 amide bonds. The van der Waals surface area contributed by atoms with Crippen molar-refractivity contribution in [3.05, 3.63) is 0 Å². The Morgan fingerprint density at radius 3 is 2.89 bits per heavy atom. The number of hydrogen-bond donors (Lipinski definition) is 3. The number of hydrogen-bond acceptors (Lipinski definition) is 4. The Kier molecular flexibility index (Phi) is 5.87. The summed E-state index contributed by atoms with van der Waals surface area (Å²) in [5.74, 6) is -1.35. The van der Waals surface area contributed by atoms with Crippen LogP contribution in [0.4, 0.5) is 4.79 Å². The third kappa shape index (κ3) is 4.50. The molecule has 1 aliphatic rings. The third-order valence-electron chi connectivity index (χ3n) is 2.80. The summed E-state index contributed by atoms with van der Waals surface area (Å²) in [5, 5.41) is 19.9. The SMILES string of the molecule is CCOC1CCCN(C(=O)NCC(O)C(=O)O)C1. The normalized spacial score (nSPS) is 21.4.